The van der Waals surface area contributed by atoms with Crippen LogP contribution in [0.25, 0.3) is 0 Å². The maximum Gasteiger partial charge on any atom is 0.297 e. The molecule has 1 saturated carbocycles. The van der Waals surface area contributed by atoms with Gasteiger partial charge in [-0.15, -0.1) is 0 Å². The van der Waals surface area contributed by atoms with E-state index in [0.717, 1.165) is 5.56 Å². The molecule has 0 N–H and O–H groups in total. The molecule has 0 amide bonds. The Bertz CT molecular complexity index is 806. The summed E-state index contributed by atoms with van der Waals surface area (Å²) in [5, 5.41) is -0.697. The Hall–Kier alpha value is -0.920. The molecule has 0 radical (unpaired) electrons. The van der Waals surface area contributed by atoms with Crippen molar-refractivity contribution in [2.45, 2.75) is 48.7 Å². The van der Waals surface area contributed by atoms with Gasteiger partial charge in [0, 0.05) is 5.92 Å². The van der Waals surface area contributed by atoms with Crippen LogP contribution in [-0.4, -0.2) is 32.9 Å². The van der Waals surface area contributed by atoms with Crippen LogP contribution >= 0.6 is 0 Å². The van der Waals surface area contributed by atoms with Crippen molar-refractivity contribution in [3.63, 3.8) is 0 Å². The molecule has 1 aromatic carbocycles. The van der Waals surface area contributed by atoms with Gasteiger partial charge in [-0.2, -0.15) is 8.42 Å². The highest BCUT2D eigenvalue weighted by Crippen LogP contribution is 2.61. The molecular formula is C15H20O5S2. The predicted octanol–water partition coefficient (Wildman–Crippen LogP) is 1.91. The number of hydrogen-bond donors (Lipinski definition) is 0. The van der Waals surface area contributed by atoms with Gasteiger partial charge < -0.3 is 0 Å². The summed E-state index contributed by atoms with van der Waals surface area (Å²) < 4.78 is 53.7. The molecule has 0 bridgehead atoms. The Morgan fingerprint density at radius 3 is 2.23 bits per heavy atom. The minimum Gasteiger partial charge on any atom is -0.261 e. The second-order valence-electron chi connectivity index (χ2n) is 6.83. The third-order valence-corrected chi connectivity index (χ3v) is 9.55. The molecule has 1 saturated heterocycles. The molecule has 3 rings (SSSR count). The SMILES string of the molecule is Cc1ccc(S(=O)(=O)O[C@@H]2[C@H](C)[C@H]3[C@@H]2S(=O)(=O)C3(C)C)cc1. The van der Waals surface area contributed by atoms with E-state index < -0.39 is 36.1 Å². The highest BCUT2D eigenvalue weighted by Gasteiger charge is 2.74. The van der Waals surface area contributed by atoms with E-state index in [9.17, 15) is 16.8 Å². The fourth-order valence-electron chi connectivity index (χ4n) is 3.78. The van der Waals surface area contributed by atoms with Crippen molar-refractivity contribution in [1.82, 2.24) is 0 Å². The number of sulfone groups is 1. The van der Waals surface area contributed by atoms with Gasteiger partial charge in [0.25, 0.3) is 10.1 Å². The average Bonchev–Trinajstić information content (AvgIpc) is 2.41. The van der Waals surface area contributed by atoms with Gasteiger partial charge in [0.05, 0.1) is 21.0 Å². The maximum atomic E-state index is 12.3. The zero-order valence-electron chi connectivity index (χ0n) is 13.0. The first kappa shape index (κ1) is 16.0. The summed E-state index contributed by atoms with van der Waals surface area (Å²) in [4.78, 5) is 0.0599. The van der Waals surface area contributed by atoms with E-state index in [4.69, 9.17) is 4.18 Å². The zero-order chi connectivity index (χ0) is 16.5. The van der Waals surface area contributed by atoms with Crippen LogP contribution in [0.15, 0.2) is 29.2 Å². The van der Waals surface area contributed by atoms with Crippen molar-refractivity contribution in [1.29, 1.82) is 0 Å². The molecule has 1 aromatic rings. The van der Waals surface area contributed by atoms with Crippen LogP contribution in [0.1, 0.15) is 26.3 Å². The number of hydrogen-bond acceptors (Lipinski definition) is 5. The minimum absolute atomic E-state index is 0.0317. The topological polar surface area (TPSA) is 77.5 Å². The van der Waals surface area contributed by atoms with Gasteiger partial charge in [0.1, 0.15) is 0 Å². The van der Waals surface area contributed by atoms with Crippen LogP contribution < -0.4 is 0 Å². The van der Waals surface area contributed by atoms with Crippen molar-refractivity contribution in [3.05, 3.63) is 29.8 Å². The van der Waals surface area contributed by atoms with Gasteiger partial charge in [-0.1, -0.05) is 24.6 Å². The highest BCUT2D eigenvalue weighted by atomic mass is 32.2. The molecular weight excluding hydrogens is 324 g/mol. The van der Waals surface area contributed by atoms with Crippen LogP contribution in [0.3, 0.4) is 0 Å². The number of fused-ring (bicyclic) bond motifs is 1. The molecule has 22 heavy (non-hydrogen) atoms. The van der Waals surface area contributed by atoms with E-state index in [-0.39, 0.29) is 16.7 Å². The molecule has 1 aliphatic carbocycles. The van der Waals surface area contributed by atoms with Crippen molar-refractivity contribution in [3.8, 4) is 0 Å². The lowest BCUT2D eigenvalue weighted by Gasteiger charge is -2.64. The average molecular weight is 344 g/mol. The van der Waals surface area contributed by atoms with Gasteiger partial charge in [-0.25, -0.2) is 8.42 Å². The zero-order valence-corrected chi connectivity index (χ0v) is 14.6. The van der Waals surface area contributed by atoms with Crippen LogP contribution in [0.2, 0.25) is 0 Å². The lowest BCUT2D eigenvalue weighted by molar-refractivity contribution is -0.0324. The molecule has 1 heterocycles. The second-order valence-corrected chi connectivity index (χ2v) is 11.1. The minimum atomic E-state index is -3.94. The number of aryl methyl sites for hydroxylation is 1. The third-order valence-electron chi connectivity index (χ3n) is 5.20. The fraction of sp³-hybridized carbons (Fsp3) is 0.600. The Morgan fingerprint density at radius 2 is 1.68 bits per heavy atom. The quantitative estimate of drug-likeness (QED) is 0.783. The van der Waals surface area contributed by atoms with Crippen LogP contribution in [0.5, 0.6) is 0 Å². The van der Waals surface area contributed by atoms with E-state index >= 15 is 0 Å². The molecule has 4 atom stereocenters. The first-order valence-electron chi connectivity index (χ1n) is 7.23. The van der Waals surface area contributed by atoms with Gasteiger partial charge >= 0.3 is 0 Å². The summed E-state index contributed by atoms with van der Waals surface area (Å²) in [5.41, 5.74) is 0.944. The van der Waals surface area contributed by atoms with Gasteiger partial charge in [-0.3, -0.25) is 4.18 Å². The molecule has 5 nitrogen and oxygen atoms in total. The van der Waals surface area contributed by atoms with Crippen molar-refractivity contribution >= 4 is 20.0 Å². The summed E-state index contributed by atoms with van der Waals surface area (Å²) in [6.07, 6.45) is -0.783. The molecule has 122 valence electrons. The monoisotopic (exact) mass is 344 g/mol. The fourth-order valence-corrected chi connectivity index (χ4v) is 7.86. The molecule has 1 aliphatic heterocycles. The normalized spacial score (nSPS) is 35.1. The maximum absolute atomic E-state index is 12.3. The number of rotatable bonds is 3. The summed E-state index contributed by atoms with van der Waals surface area (Å²) in [6.45, 7) is 7.11. The van der Waals surface area contributed by atoms with E-state index in [1.54, 1.807) is 26.0 Å². The van der Waals surface area contributed by atoms with Crippen LogP contribution in [-0.2, 0) is 24.1 Å². The van der Waals surface area contributed by atoms with Crippen LogP contribution in [0.4, 0.5) is 0 Å². The molecule has 0 spiro atoms. The molecule has 0 aromatic heterocycles. The Morgan fingerprint density at radius 1 is 1.14 bits per heavy atom. The van der Waals surface area contributed by atoms with Gasteiger partial charge in [0.2, 0.25) is 0 Å². The smallest absolute Gasteiger partial charge is 0.261 e. The summed E-state index contributed by atoms with van der Waals surface area (Å²) in [5.74, 6) is -0.125. The van der Waals surface area contributed by atoms with E-state index in [1.165, 1.54) is 12.1 Å². The number of benzene rings is 1. The largest absolute Gasteiger partial charge is 0.297 e. The van der Waals surface area contributed by atoms with Gasteiger partial charge in [-0.05, 0) is 38.8 Å². The summed E-state index contributed by atoms with van der Waals surface area (Å²) in [7, 11) is -7.28. The molecule has 2 fully saturated rings. The highest BCUT2D eigenvalue weighted by molar-refractivity contribution is 7.95. The Kier molecular flexibility index (Phi) is 3.30. The van der Waals surface area contributed by atoms with E-state index in [0.29, 0.717) is 0 Å². The standard InChI is InChI=1S/C15H20O5S2/c1-9-5-7-11(8-6-9)22(18,19)20-13-10(2)12-14(13)21(16,17)15(12,3)4/h5-8,10,12-14H,1-4H3/t10-,12+,13-,14+/m1/s1. The van der Waals surface area contributed by atoms with Crippen molar-refractivity contribution in [2.24, 2.45) is 11.8 Å². The Balaban J connectivity index is 1.85. The van der Waals surface area contributed by atoms with Gasteiger partial charge in [0.15, 0.2) is 9.84 Å². The lowest BCUT2D eigenvalue weighted by Crippen LogP contribution is -2.78. The molecule has 2 aliphatic rings. The second kappa shape index (κ2) is 4.55. The first-order valence-corrected chi connectivity index (χ1v) is 10.2. The Labute approximate surface area is 131 Å². The summed E-state index contributed by atoms with van der Waals surface area (Å²) >= 11 is 0. The van der Waals surface area contributed by atoms with E-state index in [1.807, 2.05) is 13.8 Å². The molecule has 0 unspecified atom stereocenters. The first-order chi connectivity index (χ1) is 10.00. The predicted molar refractivity (Wildman–Crippen MR) is 82.7 cm³/mol. The lowest BCUT2D eigenvalue weighted by atomic mass is 9.64. The molecule has 7 heteroatoms. The summed E-state index contributed by atoms with van der Waals surface area (Å²) in [6, 6.07) is 6.33. The van der Waals surface area contributed by atoms with Crippen LogP contribution in [0, 0.1) is 18.8 Å². The van der Waals surface area contributed by atoms with Crippen molar-refractivity contribution < 1.29 is 21.0 Å². The third kappa shape index (κ3) is 1.91. The van der Waals surface area contributed by atoms with E-state index in [2.05, 4.69) is 0 Å². The van der Waals surface area contributed by atoms with Crippen molar-refractivity contribution in [2.75, 3.05) is 0 Å².